The van der Waals surface area contributed by atoms with Crippen LogP contribution in [0.3, 0.4) is 0 Å². The van der Waals surface area contributed by atoms with Gasteiger partial charge >= 0.3 is 5.97 Å². The van der Waals surface area contributed by atoms with E-state index in [1.807, 2.05) is 0 Å². The number of carbonyl (C=O) groups excluding carboxylic acids is 1. The Bertz CT molecular complexity index is 924. The van der Waals surface area contributed by atoms with Gasteiger partial charge in [-0.2, -0.15) is 0 Å². The molecule has 0 radical (unpaired) electrons. The lowest BCUT2D eigenvalue weighted by atomic mass is 10.2. The number of aromatic nitrogens is 1. The number of H-pyrrole nitrogens is 1. The minimum Gasteiger partial charge on any atom is -0.461 e. The quantitative estimate of drug-likeness (QED) is 0.596. The van der Waals surface area contributed by atoms with Gasteiger partial charge in [0.2, 0.25) is 0 Å². The van der Waals surface area contributed by atoms with Gasteiger partial charge < -0.3 is 15.0 Å². The summed E-state index contributed by atoms with van der Waals surface area (Å²) in [6.07, 6.45) is 0. The first-order valence-corrected chi connectivity index (χ1v) is 7.95. The largest absolute Gasteiger partial charge is 0.461 e. The number of rotatable bonds is 4. The minimum atomic E-state index is -0.534. The van der Waals surface area contributed by atoms with E-state index >= 15 is 0 Å². The molecule has 0 fully saturated rings. The third kappa shape index (κ3) is 3.18. The number of carbonyl (C=O) groups is 1. The molecule has 1 aromatic heterocycles. The van der Waals surface area contributed by atoms with Crippen LogP contribution in [0.1, 0.15) is 17.4 Å². The number of hydrogen-bond acceptors (Lipinski definition) is 3. The Kier molecular flexibility index (Phi) is 4.64. The van der Waals surface area contributed by atoms with Crippen molar-refractivity contribution in [3.05, 3.63) is 58.0 Å². The van der Waals surface area contributed by atoms with Crippen LogP contribution in [-0.4, -0.2) is 17.6 Å². The summed E-state index contributed by atoms with van der Waals surface area (Å²) in [5.74, 6) is -0.992. The number of halogens is 3. The van der Waals surface area contributed by atoms with Gasteiger partial charge in [0.25, 0.3) is 0 Å². The van der Waals surface area contributed by atoms with Gasteiger partial charge in [-0.15, -0.1) is 0 Å². The minimum absolute atomic E-state index is 0.189. The predicted molar refractivity (Wildman–Crippen MR) is 94.0 cm³/mol. The summed E-state index contributed by atoms with van der Waals surface area (Å²) in [6.45, 7) is 1.95. The monoisotopic (exact) mass is 366 g/mol. The lowest BCUT2D eigenvalue weighted by molar-refractivity contribution is 0.0520. The molecule has 0 aliphatic heterocycles. The number of anilines is 2. The Hall–Kier alpha value is -2.24. The summed E-state index contributed by atoms with van der Waals surface area (Å²) in [6, 6.07) is 9.53. The van der Waals surface area contributed by atoms with E-state index in [2.05, 4.69) is 10.3 Å². The molecule has 0 spiro atoms. The molecular weight excluding hydrogens is 354 g/mol. The number of aromatic amines is 1. The normalized spacial score (nSPS) is 10.8. The standard InChI is InChI=1S/C17H13Cl2FN2O2/c1-2-24-17(23)15-8-10-14(6-5-13(20)16(10)22-15)21-9-3-4-11(18)12(19)7-9/h3-8,21-22H,2H2,1H3. The molecule has 124 valence electrons. The molecule has 0 aliphatic rings. The summed E-state index contributed by atoms with van der Waals surface area (Å²) in [7, 11) is 0. The van der Waals surface area contributed by atoms with Crippen LogP contribution in [0.15, 0.2) is 36.4 Å². The Balaban J connectivity index is 2.02. The van der Waals surface area contributed by atoms with Crippen molar-refractivity contribution in [3.8, 4) is 0 Å². The van der Waals surface area contributed by atoms with E-state index in [-0.39, 0.29) is 17.8 Å². The lowest BCUT2D eigenvalue weighted by Crippen LogP contribution is -2.04. The zero-order valence-electron chi connectivity index (χ0n) is 12.6. The highest BCUT2D eigenvalue weighted by Gasteiger charge is 2.15. The third-order valence-electron chi connectivity index (χ3n) is 3.44. The summed E-state index contributed by atoms with van der Waals surface area (Å²) < 4.78 is 19.0. The van der Waals surface area contributed by atoms with Crippen LogP contribution < -0.4 is 5.32 Å². The Labute approximate surface area is 147 Å². The number of fused-ring (bicyclic) bond motifs is 1. The fourth-order valence-corrected chi connectivity index (χ4v) is 2.64. The summed E-state index contributed by atoms with van der Waals surface area (Å²) >= 11 is 11.9. The highest BCUT2D eigenvalue weighted by atomic mass is 35.5. The molecule has 2 aromatic carbocycles. The highest BCUT2D eigenvalue weighted by Crippen LogP contribution is 2.31. The van der Waals surface area contributed by atoms with Crippen LogP contribution in [0.5, 0.6) is 0 Å². The van der Waals surface area contributed by atoms with Crippen molar-refractivity contribution in [2.45, 2.75) is 6.92 Å². The van der Waals surface area contributed by atoms with Crippen LogP contribution in [0.2, 0.25) is 10.0 Å². The van der Waals surface area contributed by atoms with Gasteiger partial charge in [0.1, 0.15) is 11.5 Å². The highest BCUT2D eigenvalue weighted by molar-refractivity contribution is 6.42. The molecule has 3 rings (SSSR count). The van der Waals surface area contributed by atoms with E-state index in [1.54, 1.807) is 37.3 Å². The molecule has 0 atom stereocenters. The maximum atomic E-state index is 14.0. The SMILES string of the molecule is CCOC(=O)c1cc2c(Nc3ccc(Cl)c(Cl)c3)ccc(F)c2[nH]1. The second kappa shape index (κ2) is 6.71. The molecule has 4 nitrogen and oxygen atoms in total. The molecular formula is C17H13Cl2FN2O2. The van der Waals surface area contributed by atoms with Crippen LogP contribution >= 0.6 is 23.2 Å². The smallest absolute Gasteiger partial charge is 0.354 e. The fraction of sp³-hybridized carbons (Fsp3) is 0.118. The molecule has 1 heterocycles. The molecule has 7 heteroatoms. The Morgan fingerprint density at radius 1 is 1.21 bits per heavy atom. The van der Waals surface area contributed by atoms with E-state index in [4.69, 9.17) is 27.9 Å². The van der Waals surface area contributed by atoms with Crippen LogP contribution in [0.25, 0.3) is 10.9 Å². The van der Waals surface area contributed by atoms with Crippen molar-refractivity contribution in [2.75, 3.05) is 11.9 Å². The van der Waals surface area contributed by atoms with Gasteiger partial charge in [-0.05, 0) is 43.3 Å². The van der Waals surface area contributed by atoms with Crippen LogP contribution in [-0.2, 0) is 4.74 Å². The molecule has 0 saturated heterocycles. The van der Waals surface area contributed by atoms with Crippen molar-refractivity contribution in [3.63, 3.8) is 0 Å². The maximum Gasteiger partial charge on any atom is 0.354 e. The first-order chi connectivity index (χ1) is 11.5. The molecule has 0 aliphatic carbocycles. The first-order valence-electron chi connectivity index (χ1n) is 7.20. The molecule has 0 saturated carbocycles. The summed E-state index contributed by atoms with van der Waals surface area (Å²) in [4.78, 5) is 14.6. The molecule has 0 bridgehead atoms. The molecule has 0 amide bonds. The van der Waals surface area contributed by atoms with Crippen molar-refractivity contribution < 1.29 is 13.9 Å². The summed E-state index contributed by atoms with van der Waals surface area (Å²) in [5, 5.41) is 4.52. The van der Waals surface area contributed by atoms with Gasteiger partial charge in [0.05, 0.1) is 22.2 Å². The number of esters is 1. The lowest BCUT2D eigenvalue weighted by Gasteiger charge is -2.09. The topological polar surface area (TPSA) is 54.1 Å². The van der Waals surface area contributed by atoms with E-state index in [0.29, 0.717) is 26.8 Å². The van der Waals surface area contributed by atoms with E-state index < -0.39 is 11.8 Å². The van der Waals surface area contributed by atoms with Gasteiger partial charge in [-0.3, -0.25) is 0 Å². The van der Waals surface area contributed by atoms with E-state index in [0.717, 1.165) is 0 Å². The first kappa shape index (κ1) is 16.6. The van der Waals surface area contributed by atoms with Crippen molar-refractivity contribution in [2.24, 2.45) is 0 Å². The second-order valence-electron chi connectivity index (χ2n) is 5.04. The van der Waals surface area contributed by atoms with Gasteiger partial charge in [-0.25, -0.2) is 9.18 Å². The average molecular weight is 367 g/mol. The third-order valence-corrected chi connectivity index (χ3v) is 4.18. The second-order valence-corrected chi connectivity index (χ2v) is 5.86. The average Bonchev–Trinajstić information content (AvgIpc) is 3.00. The van der Waals surface area contributed by atoms with Crippen LogP contribution in [0, 0.1) is 5.82 Å². The number of hydrogen-bond donors (Lipinski definition) is 2. The van der Waals surface area contributed by atoms with Crippen molar-refractivity contribution in [1.29, 1.82) is 0 Å². The van der Waals surface area contributed by atoms with Crippen molar-refractivity contribution in [1.82, 2.24) is 4.98 Å². The van der Waals surface area contributed by atoms with E-state index in [9.17, 15) is 9.18 Å². The maximum absolute atomic E-state index is 14.0. The predicted octanol–water partition coefficient (Wildman–Crippen LogP) is 5.53. The van der Waals surface area contributed by atoms with Crippen LogP contribution in [0.4, 0.5) is 15.8 Å². The van der Waals surface area contributed by atoms with Gasteiger partial charge in [0, 0.05) is 16.8 Å². The summed E-state index contributed by atoms with van der Waals surface area (Å²) in [5.41, 5.74) is 1.73. The van der Waals surface area contributed by atoms with Gasteiger partial charge in [-0.1, -0.05) is 23.2 Å². The van der Waals surface area contributed by atoms with Gasteiger partial charge in [0.15, 0.2) is 0 Å². The van der Waals surface area contributed by atoms with E-state index in [1.165, 1.54) is 6.07 Å². The number of benzene rings is 2. The molecule has 2 N–H and O–H groups in total. The zero-order valence-corrected chi connectivity index (χ0v) is 14.1. The van der Waals surface area contributed by atoms with Crippen molar-refractivity contribution >= 4 is 51.4 Å². The number of nitrogens with one attached hydrogen (secondary N) is 2. The number of ether oxygens (including phenoxy) is 1. The molecule has 24 heavy (non-hydrogen) atoms. The Morgan fingerprint density at radius 3 is 2.71 bits per heavy atom. The Morgan fingerprint density at radius 2 is 2.00 bits per heavy atom. The fourth-order valence-electron chi connectivity index (χ4n) is 2.34. The molecule has 3 aromatic rings. The molecule has 0 unspecified atom stereocenters. The zero-order chi connectivity index (χ0) is 17.3.